The summed E-state index contributed by atoms with van der Waals surface area (Å²) < 4.78 is 17.5. The standard InChI is InChI=1S/C19H21FN4S/c1-14-4-10-18(11-5-14)24-15(2)21-23(19(24)25)13-22(3)12-16-6-8-17(20)9-7-16/h4-11H,12-13H2,1-3H3. The molecular weight excluding hydrogens is 335 g/mol. The Bertz CT molecular complexity index is 910. The van der Waals surface area contributed by atoms with E-state index < -0.39 is 0 Å². The molecule has 25 heavy (non-hydrogen) atoms. The van der Waals surface area contributed by atoms with E-state index >= 15 is 0 Å². The summed E-state index contributed by atoms with van der Waals surface area (Å²) in [4.78, 5) is 2.09. The van der Waals surface area contributed by atoms with Crippen LogP contribution < -0.4 is 0 Å². The minimum Gasteiger partial charge on any atom is -0.283 e. The fraction of sp³-hybridized carbons (Fsp3) is 0.263. The number of halogens is 1. The van der Waals surface area contributed by atoms with Crippen LogP contribution in [0.4, 0.5) is 4.39 Å². The van der Waals surface area contributed by atoms with E-state index in [1.165, 1.54) is 17.7 Å². The molecule has 0 unspecified atom stereocenters. The van der Waals surface area contributed by atoms with Crippen molar-refractivity contribution in [3.63, 3.8) is 0 Å². The van der Waals surface area contributed by atoms with Gasteiger partial charge in [0.05, 0.1) is 6.67 Å². The molecule has 0 amide bonds. The fourth-order valence-electron chi connectivity index (χ4n) is 2.78. The highest BCUT2D eigenvalue weighted by molar-refractivity contribution is 7.71. The molecule has 4 nitrogen and oxygen atoms in total. The first-order chi connectivity index (χ1) is 11.9. The lowest BCUT2D eigenvalue weighted by molar-refractivity contribution is 0.243. The minimum absolute atomic E-state index is 0.221. The molecule has 2 aromatic carbocycles. The second-order valence-corrected chi connectivity index (χ2v) is 6.65. The van der Waals surface area contributed by atoms with E-state index in [2.05, 4.69) is 29.1 Å². The van der Waals surface area contributed by atoms with Gasteiger partial charge in [-0.25, -0.2) is 9.07 Å². The van der Waals surface area contributed by atoms with E-state index in [-0.39, 0.29) is 5.82 Å². The van der Waals surface area contributed by atoms with Crippen LogP contribution in [0.25, 0.3) is 5.69 Å². The largest absolute Gasteiger partial charge is 0.283 e. The molecule has 0 atom stereocenters. The quantitative estimate of drug-likeness (QED) is 0.639. The van der Waals surface area contributed by atoms with Gasteiger partial charge in [0.25, 0.3) is 0 Å². The molecular formula is C19H21FN4S. The van der Waals surface area contributed by atoms with Crippen LogP contribution >= 0.6 is 12.2 Å². The average molecular weight is 356 g/mol. The van der Waals surface area contributed by atoms with Gasteiger partial charge in [0.15, 0.2) is 0 Å². The van der Waals surface area contributed by atoms with Gasteiger partial charge < -0.3 is 0 Å². The van der Waals surface area contributed by atoms with Gasteiger partial charge in [0.2, 0.25) is 4.77 Å². The molecule has 0 saturated carbocycles. The van der Waals surface area contributed by atoms with Gasteiger partial charge in [-0.15, -0.1) is 0 Å². The van der Waals surface area contributed by atoms with Crippen molar-refractivity contribution in [2.24, 2.45) is 0 Å². The smallest absolute Gasteiger partial charge is 0.203 e. The highest BCUT2D eigenvalue weighted by Crippen LogP contribution is 2.14. The van der Waals surface area contributed by atoms with Crippen LogP contribution in [0.3, 0.4) is 0 Å². The Hall–Kier alpha value is -2.31. The molecule has 6 heteroatoms. The summed E-state index contributed by atoms with van der Waals surface area (Å²) in [5, 5.41) is 4.58. The second kappa shape index (κ2) is 7.29. The predicted molar refractivity (Wildman–Crippen MR) is 99.7 cm³/mol. The molecule has 1 heterocycles. The summed E-state index contributed by atoms with van der Waals surface area (Å²) in [7, 11) is 1.99. The maximum absolute atomic E-state index is 13.0. The molecule has 1 aromatic heterocycles. The second-order valence-electron chi connectivity index (χ2n) is 6.28. The number of aromatic nitrogens is 3. The van der Waals surface area contributed by atoms with Gasteiger partial charge in [-0.1, -0.05) is 29.8 Å². The molecule has 0 bridgehead atoms. The van der Waals surface area contributed by atoms with E-state index in [9.17, 15) is 4.39 Å². The first-order valence-electron chi connectivity index (χ1n) is 8.10. The number of benzene rings is 2. The Balaban J connectivity index is 1.79. The van der Waals surface area contributed by atoms with Gasteiger partial charge in [0, 0.05) is 12.2 Å². The Kier molecular flexibility index (Phi) is 5.11. The monoisotopic (exact) mass is 356 g/mol. The van der Waals surface area contributed by atoms with Crippen LogP contribution in [-0.4, -0.2) is 26.3 Å². The van der Waals surface area contributed by atoms with Crippen LogP contribution in [0, 0.1) is 24.4 Å². The highest BCUT2D eigenvalue weighted by atomic mass is 32.1. The van der Waals surface area contributed by atoms with Gasteiger partial charge in [-0.3, -0.25) is 9.47 Å². The lowest BCUT2D eigenvalue weighted by Crippen LogP contribution is -2.22. The number of rotatable bonds is 5. The maximum atomic E-state index is 13.0. The van der Waals surface area contributed by atoms with Crippen molar-refractivity contribution < 1.29 is 4.39 Å². The van der Waals surface area contributed by atoms with E-state index in [4.69, 9.17) is 12.2 Å². The van der Waals surface area contributed by atoms with Gasteiger partial charge >= 0.3 is 0 Å². The van der Waals surface area contributed by atoms with Crippen LogP contribution in [0.2, 0.25) is 0 Å². The Labute approximate surface area is 152 Å². The van der Waals surface area contributed by atoms with Gasteiger partial charge in [-0.05, 0) is 62.9 Å². The zero-order chi connectivity index (χ0) is 18.0. The SMILES string of the molecule is Cc1ccc(-n2c(C)nn(CN(C)Cc3ccc(F)cc3)c2=S)cc1. The summed E-state index contributed by atoms with van der Waals surface area (Å²) in [5.41, 5.74) is 3.27. The zero-order valence-corrected chi connectivity index (χ0v) is 15.4. The Morgan fingerprint density at radius 3 is 2.32 bits per heavy atom. The van der Waals surface area contributed by atoms with Crippen molar-refractivity contribution in [3.05, 3.63) is 76.1 Å². The summed E-state index contributed by atoms with van der Waals surface area (Å²) in [6, 6.07) is 14.8. The molecule has 0 fully saturated rings. The van der Waals surface area contributed by atoms with E-state index in [0.29, 0.717) is 18.0 Å². The van der Waals surface area contributed by atoms with Crippen LogP contribution in [0.5, 0.6) is 0 Å². The molecule has 0 spiro atoms. The molecule has 0 N–H and O–H groups in total. The van der Waals surface area contributed by atoms with Crippen molar-refractivity contribution in [2.75, 3.05) is 7.05 Å². The van der Waals surface area contributed by atoms with E-state index in [0.717, 1.165) is 17.1 Å². The summed E-state index contributed by atoms with van der Waals surface area (Å²) in [5.74, 6) is 0.630. The number of nitrogens with zero attached hydrogens (tertiary/aromatic N) is 4. The summed E-state index contributed by atoms with van der Waals surface area (Å²) in [6.07, 6.45) is 0. The normalized spacial score (nSPS) is 11.2. The topological polar surface area (TPSA) is 26.0 Å². The lowest BCUT2D eigenvalue weighted by Gasteiger charge is -2.16. The Morgan fingerprint density at radius 2 is 1.68 bits per heavy atom. The van der Waals surface area contributed by atoms with Crippen molar-refractivity contribution in [1.29, 1.82) is 0 Å². The number of hydrogen-bond donors (Lipinski definition) is 0. The van der Waals surface area contributed by atoms with Crippen molar-refractivity contribution in [1.82, 2.24) is 19.2 Å². The molecule has 0 saturated heterocycles. The van der Waals surface area contributed by atoms with Crippen molar-refractivity contribution in [3.8, 4) is 5.69 Å². The van der Waals surface area contributed by atoms with Crippen LogP contribution in [0.1, 0.15) is 17.0 Å². The molecule has 3 rings (SSSR count). The van der Waals surface area contributed by atoms with Gasteiger partial charge in [-0.2, -0.15) is 5.10 Å². The maximum Gasteiger partial charge on any atom is 0.203 e. The molecule has 0 aliphatic carbocycles. The van der Waals surface area contributed by atoms with E-state index in [1.54, 1.807) is 12.1 Å². The first kappa shape index (κ1) is 17.5. The zero-order valence-electron chi connectivity index (χ0n) is 14.6. The lowest BCUT2D eigenvalue weighted by atomic mass is 10.2. The third-order valence-corrected chi connectivity index (χ3v) is 4.43. The molecule has 130 valence electrons. The van der Waals surface area contributed by atoms with Crippen LogP contribution in [0.15, 0.2) is 48.5 Å². The highest BCUT2D eigenvalue weighted by Gasteiger charge is 2.11. The minimum atomic E-state index is -0.221. The number of hydrogen-bond acceptors (Lipinski definition) is 3. The molecule has 0 radical (unpaired) electrons. The summed E-state index contributed by atoms with van der Waals surface area (Å²) in [6.45, 7) is 5.27. The van der Waals surface area contributed by atoms with E-state index in [1.807, 2.05) is 35.4 Å². The fourth-order valence-corrected chi connectivity index (χ4v) is 3.12. The average Bonchev–Trinajstić information content (AvgIpc) is 2.84. The molecule has 3 aromatic rings. The van der Waals surface area contributed by atoms with Crippen LogP contribution in [-0.2, 0) is 13.2 Å². The predicted octanol–water partition coefficient (Wildman–Crippen LogP) is 4.25. The Morgan fingerprint density at radius 1 is 1.04 bits per heavy atom. The summed E-state index contributed by atoms with van der Waals surface area (Å²) >= 11 is 5.61. The third-order valence-electron chi connectivity index (χ3n) is 4.03. The number of aryl methyl sites for hydroxylation is 2. The first-order valence-corrected chi connectivity index (χ1v) is 8.51. The van der Waals surface area contributed by atoms with Crippen molar-refractivity contribution in [2.45, 2.75) is 27.1 Å². The molecule has 0 aliphatic rings. The van der Waals surface area contributed by atoms with Gasteiger partial charge in [0.1, 0.15) is 11.6 Å². The molecule has 0 aliphatic heterocycles. The van der Waals surface area contributed by atoms with Crippen molar-refractivity contribution >= 4 is 12.2 Å². The third kappa shape index (κ3) is 4.03.